The molecule has 1 heterocycles. The zero-order valence-electron chi connectivity index (χ0n) is 19.8. The molecule has 0 radical (unpaired) electrons. The van der Waals surface area contributed by atoms with Crippen LogP contribution in [0, 0.1) is 0 Å². The maximum Gasteiger partial charge on any atom is 0.407 e. The Hall–Kier alpha value is -3.20. The number of rotatable bonds is 11. The Bertz CT molecular complexity index is 969. The summed E-state index contributed by atoms with van der Waals surface area (Å²) in [6, 6.07) is 9.03. The highest BCUT2D eigenvalue weighted by molar-refractivity contribution is 6.02. The van der Waals surface area contributed by atoms with Crippen molar-refractivity contribution in [2.75, 3.05) is 27.4 Å². The highest BCUT2D eigenvalue weighted by Crippen LogP contribution is 2.22. The molecule has 9 heteroatoms. The summed E-state index contributed by atoms with van der Waals surface area (Å²) in [4.78, 5) is 40.8. The number of benzene rings is 1. The van der Waals surface area contributed by atoms with E-state index in [1.807, 2.05) is 24.3 Å². The number of ether oxygens (including phenoxy) is 4. The number of alkyl carbamates (subject to hydrolysis) is 1. The summed E-state index contributed by atoms with van der Waals surface area (Å²) in [5.41, 5.74) is 0.389. The largest absolute Gasteiger partial charge is 0.480 e. The second kappa shape index (κ2) is 12.2. The number of hydrogen-bond donors (Lipinski definition) is 1. The second-order valence-electron chi connectivity index (χ2n) is 8.44. The Kier molecular flexibility index (Phi) is 9.59. The molecule has 0 spiro atoms. The van der Waals surface area contributed by atoms with E-state index in [0.29, 0.717) is 24.9 Å². The Morgan fingerprint density at radius 3 is 2.48 bits per heavy atom. The average molecular weight is 461 g/mol. The molecule has 0 saturated heterocycles. The number of nitrogens with one attached hydrogen (secondary N) is 1. The fourth-order valence-electron chi connectivity index (χ4n) is 3.06. The SMILES string of the molecule is COc1nc2ccccc2cc1C(=O)COC(=O)CCC(CCNC(=O)OC(C)(C)C)OC. The predicted octanol–water partition coefficient (Wildman–Crippen LogP) is 3.68. The third-order valence-corrected chi connectivity index (χ3v) is 4.69. The van der Waals surface area contributed by atoms with E-state index in [4.69, 9.17) is 18.9 Å². The summed E-state index contributed by atoms with van der Waals surface area (Å²) in [6.45, 7) is 5.29. The molecule has 0 saturated carbocycles. The lowest BCUT2D eigenvalue weighted by Crippen LogP contribution is -2.34. The number of aromatic nitrogens is 1. The van der Waals surface area contributed by atoms with Crippen LogP contribution in [-0.4, -0.2) is 61.9 Å². The van der Waals surface area contributed by atoms with E-state index in [9.17, 15) is 14.4 Å². The quantitative estimate of drug-likeness (QED) is 0.399. The summed E-state index contributed by atoms with van der Waals surface area (Å²) in [5.74, 6) is -0.729. The highest BCUT2D eigenvalue weighted by Gasteiger charge is 2.19. The van der Waals surface area contributed by atoms with Crippen molar-refractivity contribution in [3.63, 3.8) is 0 Å². The second-order valence-corrected chi connectivity index (χ2v) is 8.44. The van der Waals surface area contributed by atoms with Gasteiger partial charge in [0, 0.05) is 25.5 Å². The predicted molar refractivity (Wildman–Crippen MR) is 122 cm³/mol. The minimum atomic E-state index is -0.571. The Labute approximate surface area is 193 Å². The van der Waals surface area contributed by atoms with Gasteiger partial charge in [-0.3, -0.25) is 9.59 Å². The summed E-state index contributed by atoms with van der Waals surface area (Å²) in [5, 5.41) is 3.44. The van der Waals surface area contributed by atoms with Gasteiger partial charge in [-0.1, -0.05) is 18.2 Å². The Morgan fingerprint density at radius 1 is 1.09 bits per heavy atom. The van der Waals surface area contributed by atoms with Crippen LogP contribution in [0.25, 0.3) is 10.9 Å². The normalized spacial score (nSPS) is 12.2. The van der Waals surface area contributed by atoms with Crippen LogP contribution in [0.5, 0.6) is 5.88 Å². The number of hydrogen-bond acceptors (Lipinski definition) is 8. The first-order valence-corrected chi connectivity index (χ1v) is 10.7. The summed E-state index contributed by atoms with van der Waals surface area (Å²) in [7, 11) is 2.97. The molecule has 1 N–H and O–H groups in total. The zero-order chi connectivity index (χ0) is 24.4. The maximum absolute atomic E-state index is 12.6. The number of carbonyl (C=O) groups is 3. The molecule has 180 valence electrons. The Morgan fingerprint density at radius 2 is 1.82 bits per heavy atom. The molecule has 1 atom stereocenters. The third-order valence-electron chi connectivity index (χ3n) is 4.69. The minimum absolute atomic E-state index is 0.0747. The van der Waals surface area contributed by atoms with Gasteiger partial charge in [-0.05, 0) is 45.7 Å². The van der Waals surface area contributed by atoms with Crippen LogP contribution in [0.1, 0.15) is 50.4 Å². The highest BCUT2D eigenvalue weighted by atomic mass is 16.6. The van der Waals surface area contributed by atoms with E-state index < -0.39 is 30.1 Å². The number of para-hydroxylation sites is 1. The first kappa shape index (κ1) is 26.1. The van der Waals surface area contributed by atoms with Crippen LogP contribution in [0.4, 0.5) is 4.79 Å². The maximum atomic E-state index is 12.6. The van der Waals surface area contributed by atoms with Crippen LogP contribution in [0.15, 0.2) is 30.3 Å². The zero-order valence-corrected chi connectivity index (χ0v) is 19.8. The van der Waals surface area contributed by atoms with E-state index in [1.165, 1.54) is 14.2 Å². The molecule has 0 aliphatic carbocycles. The lowest BCUT2D eigenvalue weighted by atomic mass is 10.1. The van der Waals surface area contributed by atoms with Gasteiger partial charge in [0.1, 0.15) is 5.60 Å². The first-order chi connectivity index (χ1) is 15.6. The molecular formula is C24H32N2O7. The van der Waals surface area contributed by atoms with Crippen molar-refractivity contribution < 1.29 is 33.3 Å². The number of amides is 1. The average Bonchev–Trinajstić information content (AvgIpc) is 2.77. The van der Waals surface area contributed by atoms with E-state index in [2.05, 4.69) is 10.3 Å². The van der Waals surface area contributed by atoms with E-state index in [-0.39, 0.29) is 24.0 Å². The van der Waals surface area contributed by atoms with Crippen molar-refractivity contribution in [3.05, 3.63) is 35.9 Å². The number of Topliss-reactive ketones (excluding diaryl/α,β-unsaturated/α-hetero) is 1. The van der Waals surface area contributed by atoms with Crippen molar-refractivity contribution in [3.8, 4) is 5.88 Å². The standard InChI is InChI=1S/C24H32N2O7/c1-24(2,3)33-23(29)25-13-12-17(30-4)10-11-21(28)32-15-20(27)18-14-16-8-6-7-9-19(16)26-22(18)31-5/h6-9,14,17H,10-13,15H2,1-5H3,(H,25,29). The van der Waals surface area contributed by atoms with E-state index >= 15 is 0 Å². The lowest BCUT2D eigenvalue weighted by Gasteiger charge is -2.20. The van der Waals surface area contributed by atoms with Gasteiger partial charge in [-0.25, -0.2) is 9.78 Å². The van der Waals surface area contributed by atoms with E-state index in [0.717, 1.165) is 5.39 Å². The summed E-state index contributed by atoms with van der Waals surface area (Å²) in [6.07, 6.45) is 0.204. The molecule has 0 bridgehead atoms. The monoisotopic (exact) mass is 460 g/mol. The van der Waals surface area contributed by atoms with Crippen LogP contribution >= 0.6 is 0 Å². The number of pyridine rings is 1. The number of ketones is 1. The third kappa shape index (κ3) is 8.69. The van der Waals surface area contributed by atoms with E-state index in [1.54, 1.807) is 26.8 Å². The lowest BCUT2D eigenvalue weighted by molar-refractivity contribution is -0.143. The van der Waals surface area contributed by atoms with Crippen molar-refractivity contribution in [2.45, 2.75) is 51.7 Å². The number of methoxy groups -OCH3 is 2. The number of carbonyl (C=O) groups excluding carboxylic acids is 3. The topological polar surface area (TPSA) is 113 Å². The fraction of sp³-hybridized carbons (Fsp3) is 0.500. The molecule has 1 aromatic carbocycles. The summed E-state index contributed by atoms with van der Waals surface area (Å²) >= 11 is 0. The van der Waals surface area contributed by atoms with Gasteiger partial charge in [-0.15, -0.1) is 0 Å². The number of esters is 1. The van der Waals surface area contributed by atoms with Gasteiger partial charge in [0.05, 0.1) is 24.3 Å². The van der Waals surface area contributed by atoms with Crippen LogP contribution in [0.2, 0.25) is 0 Å². The molecule has 0 aliphatic rings. The minimum Gasteiger partial charge on any atom is -0.480 e. The molecule has 1 amide bonds. The molecule has 0 aliphatic heterocycles. The van der Waals surface area contributed by atoms with Gasteiger partial charge < -0.3 is 24.3 Å². The Balaban J connectivity index is 1.79. The van der Waals surface area contributed by atoms with Gasteiger partial charge in [0.15, 0.2) is 6.61 Å². The number of nitrogens with zero attached hydrogens (tertiary/aromatic N) is 1. The smallest absolute Gasteiger partial charge is 0.407 e. The molecule has 1 aromatic heterocycles. The van der Waals surface area contributed by atoms with Crippen LogP contribution in [-0.2, 0) is 19.0 Å². The van der Waals surface area contributed by atoms with Crippen molar-refractivity contribution >= 4 is 28.7 Å². The molecule has 0 fully saturated rings. The molecule has 2 aromatic rings. The van der Waals surface area contributed by atoms with Crippen molar-refractivity contribution in [2.24, 2.45) is 0 Å². The van der Waals surface area contributed by atoms with Gasteiger partial charge in [0.25, 0.3) is 0 Å². The summed E-state index contributed by atoms with van der Waals surface area (Å²) < 4.78 is 20.9. The number of fused-ring (bicyclic) bond motifs is 1. The molecule has 1 unspecified atom stereocenters. The van der Waals surface area contributed by atoms with Crippen molar-refractivity contribution in [1.29, 1.82) is 0 Å². The van der Waals surface area contributed by atoms with Gasteiger partial charge in [-0.2, -0.15) is 0 Å². The molecular weight excluding hydrogens is 428 g/mol. The molecule has 33 heavy (non-hydrogen) atoms. The van der Waals surface area contributed by atoms with Crippen molar-refractivity contribution in [1.82, 2.24) is 10.3 Å². The van der Waals surface area contributed by atoms with Crippen LogP contribution < -0.4 is 10.1 Å². The first-order valence-electron chi connectivity index (χ1n) is 10.7. The fourth-order valence-corrected chi connectivity index (χ4v) is 3.06. The molecule has 9 nitrogen and oxygen atoms in total. The van der Waals surface area contributed by atoms with Crippen LogP contribution in [0.3, 0.4) is 0 Å². The van der Waals surface area contributed by atoms with Gasteiger partial charge >= 0.3 is 12.1 Å². The van der Waals surface area contributed by atoms with Gasteiger partial charge in [0.2, 0.25) is 11.7 Å². The molecule has 2 rings (SSSR count).